The maximum Gasteiger partial charge on any atom is 0.128 e. The monoisotopic (exact) mass is 288 g/mol. The van der Waals surface area contributed by atoms with E-state index in [0.29, 0.717) is 0 Å². The lowest BCUT2D eigenvalue weighted by Gasteiger charge is -2.40. The van der Waals surface area contributed by atoms with Gasteiger partial charge in [0.25, 0.3) is 0 Å². The molecule has 3 heterocycles. The van der Waals surface area contributed by atoms with Crippen molar-refractivity contribution >= 4 is 5.82 Å². The molecule has 0 bridgehead atoms. The SMILES string of the molecule is CC(N)c1ccnc(N2CCC(N3CCCCC3)CC2)c1. The first-order chi connectivity index (χ1) is 10.2. The highest BCUT2D eigenvalue weighted by Gasteiger charge is 2.26. The Morgan fingerprint density at radius 2 is 1.86 bits per heavy atom. The summed E-state index contributed by atoms with van der Waals surface area (Å²) < 4.78 is 0. The Kier molecular flexibility index (Phi) is 4.76. The third-order valence-corrected chi connectivity index (χ3v) is 4.99. The van der Waals surface area contributed by atoms with Gasteiger partial charge in [-0.2, -0.15) is 0 Å². The number of rotatable bonds is 3. The first-order valence-electron chi connectivity index (χ1n) is 8.44. The van der Waals surface area contributed by atoms with Crippen molar-refractivity contribution in [2.45, 2.75) is 51.1 Å². The lowest BCUT2D eigenvalue weighted by atomic mass is 10.00. The normalized spacial score (nSPS) is 23.2. The third-order valence-electron chi connectivity index (χ3n) is 4.99. The summed E-state index contributed by atoms with van der Waals surface area (Å²) in [6, 6.07) is 5.05. The van der Waals surface area contributed by atoms with Gasteiger partial charge in [0.2, 0.25) is 0 Å². The van der Waals surface area contributed by atoms with E-state index in [2.05, 4.69) is 20.9 Å². The zero-order valence-electron chi connectivity index (χ0n) is 13.2. The van der Waals surface area contributed by atoms with Gasteiger partial charge in [-0.05, 0) is 63.4 Å². The molecular formula is C17H28N4. The lowest BCUT2D eigenvalue weighted by molar-refractivity contribution is 0.141. The molecule has 2 fully saturated rings. The molecule has 1 aromatic heterocycles. The molecule has 2 aliphatic heterocycles. The molecule has 116 valence electrons. The van der Waals surface area contributed by atoms with Crippen LogP contribution in [-0.4, -0.2) is 42.1 Å². The van der Waals surface area contributed by atoms with Crippen molar-refractivity contribution in [3.63, 3.8) is 0 Å². The molecule has 0 aromatic carbocycles. The van der Waals surface area contributed by atoms with Gasteiger partial charge in [0.05, 0.1) is 0 Å². The van der Waals surface area contributed by atoms with Crippen LogP contribution in [0.3, 0.4) is 0 Å². The Hall–Kier alpha value is -1.13. The van der Waals surface area contributed by atoms with Gasteiger partial charge in [0, 0.05) is 31.4 Å². The van der Waals surface area contributed by atoms with E-state index in [0.717, 1.165) is 24.9 Å². The number of nitrogens with zero attached hydrogens (tertiary/aromatic N) is 3. The number of pyridine rings is 1. The van der Waals surface area contributed by atoms with E-state index in [4.69, 9.17) is 5.73 Å². The van der Waals surface area contributed by atoms with Gasteiger partial charge in [-0.25, -0.2) is 4.98 Å². The molecule has 0 saturated carbocycles. The first kappa shape index (κ1) is 14.8. The van der Waals surface area contributed by atoms with Crippen molar-refractivity contribution in [1.29, 1.82) is 0 Å². The Bertz CT molecular complexity index is 446. The fraction of sp³-hybridized carbons (Fsp3) is 0.706. The fourth-order valence-corrected chi connectivity index (χ4v) is 3.63. The summed E-state index contributed by atoms with van der Waals surface area (Å²) in [5.74, 6) is 1.10. The summed E-state index contributed by atoms with van der Waals surface area (Å²) in [5.41, 5.74) is 7.16. The Morgan fingerprint density at radius 1 is 1.14 bits per heavy atom. The van der Waals surface area contributed by atoms with E-state index < -0.39 is 0 Å². The number of aromatic nitrogens is 1. The van der Waals surface area contributed by atoms with Crippen LogP contribution in [0.25, 0.3) is 0 Å². The first-order valence-corrected chi connectivity index (χ1v) is 8.44. The van der Waals surface area contributed by atoms with Crippen LogP contribution in [0, 0.1) is 0 Å². The number of anilines is 1. The van der Waals surface area contributed by atoms with E-state index in [9.17, 15) is 0 Å². The number of likely N-dealkylation sites (tertiary alicyclic amines) is 1. The molecule has 4 heteroatoms. The number of hydrogen-bond acceptors (Lipinski definition) is 4. The molecule has 2 saturated heterocycles. The standard InChI is InChI=1S/C17H28N4/c1-14(18)15-5-8-19-17(13-15)21-11-6-16(7-12-21)20-9-3-2-4-10-20/h5,8,13-14,16H,2-4,6-7,9-12,18H2,1H3. The van der Waals surface area contributed by atoms with Gasteiger partial charge in [-0.3, -0.25) is 0 Å². The summed E-state index contributed by atoms with van der Waals surface area (Å²) in [6.07, 6.45) is 8.62. The topological polar surface area (TPSA) is 45.4 Å². The molecule has 4 nitrogen and oxygen atoms in total. The zero-order valence-corrected chi connectivity index (χ0v) is 13.2. The van der Waals surface area contributed by atoms with Gasteiger partial charge in [0.1, 0.15) is 5.82 Å². The second-order valence-corrected chi connectivity index (χ2v) is 6.55. The molecule has 0 spiro atoms. The maximum absolute atomic E-state index is 5.98. The number of piperidine rings is 2. The van der Waals surface area contributed by atoms with E-state index in [1.165, 1.54) is 50.8 Å². The quantitative estimate of drug-likeness (QED) is 0.928. The van der Waals surface area contributed by atoms with Gasteiger partial charge in [-0.15, -0.1) is 0 Å². The summed E-state index contributed by atoms with van der Waals surface area (Å²) in [6.45, 7) is 6.89. The van der Waals surface area contributed by atoms with E-state index in [-0.39, 0.29) is 6.04 Å². The van der Waals surface area contributed by atoms with E-state index >= 15 is 0 Å². The Morgan fingerprint density at radius 3 is 2.52 bits per heavy atom. The largest absolute Gasteiger partial charge is 0.356 e. The highest BCUT2D eigenvalue weighted by molar-refractivity contribution is 5.42. The molecule has 1 unspecified atom stereocenters. The van der Waals surface area contributed by atoms with Crippen LogP contribution in [0.1, 0.15) is 50.6 Å². The van der Waals surface area contributed by atoms with Crippen molar-refractivity contribution < 1.29 is 0 Å². The van der Waals surface area contributed by atoms with Crippen LogP contribution in [0.2, 0.25) is 0 Å². The third kappa shape index (κ3) is 3.55. The zero-order chi connectivity index (χ0) is 14.7. The van der Waals surface area contributed by atoms with Crippen LogP contribution in [0.15, 0.2) is 18.3 Å². The second kappa shape index (κ2) is 6.75. The molecule has 2 N–H and O–H groups in total. The predicted molar refractivity (Wildman–Crippen MR) is 87.5 cm³/mol. The van der Waals surface area contributed by atoms with Gasteiger partial charge < -0.3 is 15.5 Å². The summed E-state index contributed by atoms with van der Waals surface area (Å²) in [7, 11) is 0. The lowest BCUT2D eigenvalue weighted by Crippen LogP contribution is -2.46. The summed E-state index contributed by atoms with van der Waals surface area (Å²) in [4.78, 5) is 9.68. The van der Waals surface area contributed by atoms with Crippen LogP contribution in [-0.2, 0) is 0 Å². The van der Waals surface area contributed by atoms with Gasteiger partial charge in [0.15, 0.2) is 0 Å². The van der Waals surface area contributed by atoms with Crippen molar-refractivity contribution in [2.24, 2.45) is 5.73 Å². The molecule has 0 aliphatic carbocycles. The van der Waals surface area contributed by atoms with Crippen LogP contribution >= 0.6 is 0 Å². The Labute approximate surface area is 128 Å². The van der Waals surface area contributed by atoms with Crippen LogP contribution in [0.4, 0.5) is 5.82 Å². The van der Waals surface area contributed by atoms with Crippen LogP contribution < -0.4 is 10.6 Å². The maximum atomic E-state index is 5.98. The molecular weight excluding hydrogens is 260 g/mol. The number of nitrogens with two attached hydrogens (primary N) is 1. The van der Waals surface area contributed by atoms with E-state index in [1.54, 1.807) is 0 Å². The number of hydrogen-bond donors (Lipinski definition) is 1. The molecule has 0 amide bonds. The average molecular weight is 288 g/mol. The Balaban J connectivity index is 1.59. The minimum Gasteiger partial charge on any atom is -0.356 e. The van der Waals surface area contributed by atoms with Crippen LogP contribution in [0.5, 0.6) is 0 Å². The highest BCUT2D eigenvalue weighted by atomic mass is 15.2. The molecule has 3 rings (SSSR count). The van der Waals surface area contributed by atoms with Gasteiger partial charge in [-0.1, -0.05) is 6.42 Å². The second-order valence-electron chi connectivity index (χ2n) is 6.55. The molecule has 1 aromatic rings. The molecule has 1 atom stereocenters. The fourth-order valence-electron chi connectivity index (χ4n) is 3.63. The van der Waals surface area contributed by atoms with Crippen molar-refractivity contribution in [3.8, 4) is 0 Å². The minimum absolute atomic E-state index is 0.0811. The smallest absolute Gasteiger partial charge is 0.128 e. The summed E-state index contributed by atoms with van der Waals surface area (Å²) in [5, 5.41) is 0. The van der Waals surface area contributed by atoms with E-state index in [1.807, 2.05) is 19.2 Å². The minimum atomic E-state index is 0.0811. The summed E-state index contributed by atoms with van der Waals surface area (Å²) >= 11 is 0. The predicted octanol–water partition coefficient (Wildman–Crippen LogP) is 2.56. The molecule has 2 aliphatic rings. The highest BCUT2D eigenvalue weighted by Crippen LogP contribution is 2.24. The van der Waals surface area contributed by atoms with Crippen molar-refractivity contribution in [2.75, 3.05) is 31.1 Å². The average Bonchev–Trinajstić information content (AvgIpc) is 2.56. The van der Waals surface area contributed by atoms with Gasteiger partial charge >= 0.3 is 0 Å². The van der Waals surface area contributed by atoms with Crippen molar-refractivity contribution in [1.82, 2.24) is 9.88 Å². The molecule has 21 heavy (non-hydrogen) atoms. The van der Waals surface area contributed by atoms with Crippen molar-refractivity contribution in [3.05, 3.63) is 23.9 Å². The molecule has 0 radical (unpaired) electrons.